The van der Waals surface area contributed by atoms with Crippen molar-refractivity contribution in [1.82, 2.24) is 0 Å². The van der Waals surface area contributed by atoms with Gasteiger partial charge < -0.3 is 19.5 Å². The lowest BCUT2D eigenvalue weighted by Gasteiger charge is -2.14. The first-order valence-electron chi connectivity index (χ1n) is 11.1. The summed E-state index contributed by atoms with van der Waals surface area (Å²) in [6, 6.07) is 12.6. The molecule has 0 fully saturated rings. The molecule has 0 saturated carbocycles. The average Bonchev–Trinajstić information content (AvgIpc) is 3.14. The number of thiophene rings is 1. The van der Waals surface area contributed by atoms with Crippen LogP contribution in [-0.2, 0) is 16.1 Å². The Morgan fingerprint density at radius 1 is 1.24 bits per heavy atom. The summed E-state index contributed by atoms with van der Waals surface area (Å²) in [7, 11) is 1.49. The number of nitrogens with one attached hydrogen (secondary N) is 1. The largest absolute Gasteiger partial charge is 0.493 e. The number of methoxy groups -OCH3 is 1. The molecular formula is C27H24BrClN2O5S. The maximum atomic E-state index is 13.0. The fraction of sp³-hybridized carbons (Fsp3) is 0.222. The molecule has 1 N–H and O–H groups in total. The molecule has 0 atom stereocenters. The molecule has 192 valence electrons. The zero-order valence-corrected chi connectivity index (χ0v) is 23.8. The standard InChI is InChI=1S/C27H24BrClN2O5S/c1-5-35-27(33)23-15(2)16(3)37-26(23)31-25(32)19(13-30)10-17-11-20(28)24(22(12-17)34-4)36-14-18-8-6-7-9-21(18)29/h6-12H,5,14H2,1-4H3,(H,31,32)/b19-10+. The summed E-state index contributed by atoms with van der Waals surface area (Å²) in [4.78, 5) is 26.3. The van der Waals surface area contributed by atoms with Gasteiger partial charge in [-0.2, -0.15) is 5.26 Å². The van der Waals surface area contributed by atoms with Crippen LogP contribution in [-0.4, -0.2) is 25.6 Å². The van der Waals surface area contributed by atoms with Crippen LogP contribution in [0.3, 0.4) is 0 Å². The lowest BCUT2D eigenvalue weighted by atomic mass is 10.1. The molecule has 0 radical (unpaired) electrons. The third kappa shape index (κ3) is 6.72. The van der Waals surface area contributed by atoms with Crippen LogP contribution >= 0.6 is 38.9 Å². The van der Waals surface area contributed by atoms with Crippen molar-refractivity contribution < 1.29 is 23.8 Å². The van der Waals surface area contributed by atoms with Crippen LogP contribution in [0.4, 0.5) is 5.00 Å². The van der Waals surface area contributed by atoms with Crippen molar-refractivity contribution in [2.75, 3.05) is 19.0 Å². The van der Waals surface area contributed by atoms with E-state index in [1.165, 1.54) is 24.5 Å². The van der Waals surface area contributed by atoms with Gasteiger partial charge in [0.15, 0.2) is 11.5 Å². The van der Waals surface area contributed by atoms with Crippen LogP contribution < -0.4 is 14.8 Å². The highest BCUT2D eigenvalue weighted by Crippen LogP contribution is 2.38. The minimum Gasteiger partial charge on any atom is -0.493 e. The fourth-order valence-corrected chi connectivity index (χ4v) is 5.19. The zero-order valence-electron chi connectivity index (χ0n) is 20.6. The van der Waals surface area contributed by atoms with E-state index in [-0.39, 0.29) is 18.8 Å². The van der Waals surface area contributed by atoms with E-state index in [0.29, 0.717) is 37.1 Å². The Hall–Kier alpha value is -3.32. The van der Waals surface area contributed by atoms with Crippen molar-refractivity contribution in [2.24, 2.45) is 0 Å². The third-order valence-electron chi connectivity index (χ3n) is 5.35. The van der Waals surface area contributed by atoms with Gasteiger partial charge in [-0.3, -0.25) is 4.79 Å². The van der Waals surface area contributed by atoms with Gasteiger partial charge in [0.2, 0.25) is 0 Å². The number of rotatable bonds is 9. The van der Waals surface area contributed by atoms with E-state index in [1.54, 1.807) is 32.0 Å². The molecule has 2 aromatic carbocycles. The number of ether oxygens (including phenoxy) is 3. The Kier molecular flexibility index (Phi) is 9.75. The van der Waals surface area contributed by atoms with E-state index in [4.69, 9.17) is 25.8 Å². The number of benzene rings is 2. The maximum absolute atomic E-state index is 13.0. The molecule has 0 aliphatic carbocycles. The Labute approximate surface area is 232 Å². The molecule has 3 aromatic rings. The zero-order chi connectivity index (χ0) is 27.1. The SMILES string of the molecule is CCOC(=O)c1c(NC(=O)/C(C#N)=C/c2cc(Br)c(OCc3ccccc3Cl)c(OC)c2)sc(C)c1C. The summed E-state index contributed by atoms with van der Waals surface area (Å²) in [6.45, 7) is 5.77. The lowest BCUT2D eigenvalue weighted by Crippen LogP contribution is -2.16. The maximum Gasteiger partial charge on any atom is 0.341 e. The monoisotopic (exact) mass is 602 g/mol. The second kappa shape index (κ2) is 12.8. The highest BCUT2D eigenvalue weighted by Gasteiger charge is 2.23. The molecular weight excluding hydrogens is 580 g/mol. The lowest BCUT2D eigenvalue weighted by molar-refractivity contribution is -0.112. The summed E-state index contributed by atoms with van der Waals surface area (Å²) in [5.74, 6) is -0.322. The van der Waals surface area contributed by atoms with Crippen LogP contribution in [0.25, 0.3) is 6.08 Å². The molecule has 0 bridgehead atoms. The van der Waals surface area contributed by atoms with Crippen LogP contribution in [0.1, 0.15) is 38.8 Å². The highest BCUT2D eigenvalue weighted by atomic mass is 79.9. The number of anilines is 1. The van der Waals surface area contributed by atoms with Crippen molar-refractivity contribution >= 4 is 61.8 Å². The molecule has 1 amide bonds. The quantitative estimate of drug-likeness (QED) is 0.159. The number of carbonyl (C=O) groups is 2. The van der Waals surface area contributed by atoms with Crippen LogP contribution in [0, 0.1) is 25.2 Å². The van der Waals surface area contributed by atoms with Crippen LogP contribution in [0.5, 0.6) is 11.5 Å². The summed E-state index contributed by atoms with van der Waals surface area (Å²) in [5, 5.41) is 13.3. The first kappa shape index (κ1) is 28.3. The number of hydrogen-bond donors (Lipinski definition) is 1. The highest BCUT2D eigenvalue weighted by molar-refractivity contribution is 9.10. The Morgan fingerprint density at radius 2 is 1.97 bits per heavy atom. The molecule has 37 heavy (non-hydrogen) atoms. The number of halogens is 2. The molecule has 0 aliphatic rings. The van der Waals surface area contributed by atoms with E-state index < -0.39 is 11.9 Å². The normalized spacial score (nSPS) is 11.0. The minimum absolute atomic E-state index is 0.155. The smallest absolute Gasteiger partial charge is 0.341 e. The minimum atomic E-state index is -0.650. The van der Waals surface area contributed by atoms with Gasteiger partial charge in [0.1, 0.15) is 23.3 Å². The molecule has 0 unspecified atom stereocenters. The van der Waals surface area contributed by atoms with Gasteiger partial charge in [-0.05, 0) is 72.1 Å². The number of amides is 1. The van der Waals surface area contributed by atoms with Crippen molar-refractivity contribution in [3.05, 3.63) is 78.6 Å². The molecule has 1 heterocycles. The number of nitriles is 1. The van der Waals surface area contributed by atoms with E-state index in [9.17, 15) is 14.9 Å². The van der Waals surface area contributed by atoms with E-state index in [2.05, 4.69) is 21.2 Å². The van der Waals surface area contributed by atoms with Crippen LogP contribution in [0.2, 0.25) is 5.02 Å². The first-order valence-corrected chi connectivity index (χ1v) is 13.1. The van der Waals surface area contributed by atoms with Crippen molar-refractivity contribution in [3.8, 4) is 17.6 Å². The molecule has 1 aromatic heterocycles. The summed E-state index contributed by atoms with van der Waals surface area (Å²) in [6.07, 6.45) is 1.43. The number of esters is 1. The molecule has 0 saturated heterocycles. The number of aryl methyl sites for hydroxylation is 1. The third-order valence-corrected chi connectivity index (χ3v) is 7.43. The van der Waals surface area contributed by atoms with E-state index >= 15 is 0 Å². The van der Waals surface area contributed by atoms with E-state index in [0.717, 1.165) is 16.0 Å². The number of nitrogens with zero attached hydrogens (tertiary/aromatic N) is 1. The summed E-state index contributed by atoms with van der Waals surface area (Å²) in [5.41, 5.74) is 2.20. The van der Waals surface area contributed by atoms with Crippen molar-refractivity contribution in [3.63, 3.8) is 0 Å². The van der Waals surface area contributed by atoms with Gasteiger partial charge in [0, 0.05) is 15.5 Å². The number of carbonyl (C=O) groups excluding carboxylic acids is 2. The molecule has 0 spiro atoms. The summed E-state index contributed by atoms with van der Waals surface area (Å²) < 4.78 is 17.1. The van der Waals surface area contributed by atoms with Gasteiger partial charge in [-0.25, -0.2) is 4.79 Å². The van der Waals surface area contributed by atoms with Gasteiger partial charge in [0.05, 0.1) is 23.8 Å². The Balaban J connectivity index is 1.87. The predicted octanol–water partition coefficient (Wildman–Crippen LogP) is 7.09. The Bertz CT molecular complexity index is 1410. The first-order chi connectivity index (χ1) is 17.7. The Morgan fingerprint density at radius 3 is 2.62 bits per heavy atom. The predicted molar refractivity (Wildman–Crippen MR) is 148 cm³/mol. The second-order valence-corrected chi connectivity index (χ2v) is 10.2. The summed E-state index contributed by atoms with van der Waals surface area (Å²) >= 11 is 11.0. The van der Waals surface area contributed by atoms with E-state index in [1.807, 2.05) is 31.2 Å². The van der Waals surface area contributed by atoms with Gasteiger partial charge >= 0.3 is 5.97 Å². The van der Waals surface area contributed by atoms with Gasteiger partial charge in [-0.1, -0.05) is 29.8 Å². The fourth-order valence-electron chi connectivity index (χ4n) is 3.38. The molecule has 3 rings (SSSR count). The van der Waals surface area contributed by atoms with Crippen LogP contribution in [0.15, 0.2) is 46.4 Å². The van der Waals surface area contributed by atoms with Crippen molar-refractivity contribution in [1.29, 1.82) is 5.26 Å². The molecule has 0 aliphatic heterocycles. The van der Waals surface area contributed by atoms with Crippen molar-refractivity contribution in [2.45, 2.75) is 27.4 Å². The topological polar surface area (TPSA) is 97.7 Å². The second-order valence-electron chi connectivity index (χ2n) is 7.75. The van der Waals surface area contributed by atoms with Gasteiger partial charge in [0.25, 0.3) is 5.91 Å². The molecule has 7 nitrogen and oxygen atoms in total. The average molecular weight is 604 g/mol. The van der Waals surface area contributed by atoms with Gasteiger partial charge in [-0.15, -0.1) is 11.3 Å². The number of hydrogen-bond acceptors (Lipinski definition) is 7. The molecule has 10 heteroatoms.